The van der Waals surface area contributed by atoms with Crippen molar-refractivity contribution in [1.82, 2.24) is 10.2 Å². The molecule has 0 rings (SSSR count). The van der Waals surface area contributed by atoms with Gasteiger partial charge >= 0.3 is 0 Å². The predicted molar refractivity (Wildman–Crippen MR) is 155 cm³/mol. The number of hydrogen-bond acceptors (Lipinski definition) is 2. The standard InChI is InChI=1S/C30H60N2.ClH/c1-4-5-6-7-8-9-10-11-12-13-14-15-16-17-18-19-20-21-22-23-24-25-26-28-31-29-27-30-32(2)3;/h11-12,25-26,31H,4-10,13-24,27-30H2,1-3H3;1H. The van der Waals surface area contributed by atoms with E-state index < -0.39 is 0 Å². The molecule has 0 aliphatic rings. The van der Waals surface area contributed by atoms with Gasteiger partial charge in [-0.25, -0.2) is 0 Å². The lowest BCUT2D eigenvalue weighted by Gasteiger charge is -2.08. The highest BCUT2D eigenvalue weighted by molar-refractivity contribution is 5.85. The van der Waals surface area contributed by atoms with Gasteiger partial charge in [0.2, 0.25) is 0 Å². The van der Waals surface area contributed by atoms with Crippen molar-refractivity contribution >= 4 is 12.4 Å². The monoisotopic (exact) mass is 484 g/mol. The number of allylic oxidation sites excluding steroid dienone is 3. The molecule has 0 amide bonds. The van der Waals surface area contributed by atoms with Crippen molar-refractivity contribution in [3.63, 3.8) is 0 Å². The second-order valence-electron chi connectivity index (χ2n) is 9.97. The maximum Gasteiger partial charge on any atom is 0.0134 e. The van der Waals surface area contributed by atoms with Crippen LogP contribution in [0.4, 0.5) is 0 Å². The van der Waals surface area contributed by atoms with Gasteiger partial charge in [-0.1, -0.05) is 115 Å². The second kappa shape index (κ2) is 31.7. The predicted octanol–water partition coefficient (Wildman–Crippen LogP) is 9.49. The summed E-state index contributed by atoms with van der Waals surface area (Å²) in [6, 6.07) is 0. The molecular formula is C30H61ClN2. The Labute approximate surface area is 215 Å². The molecule has 0 heterocycles. The summed E-state index contributed by atoms with van der Waals surface area (Å²) in [4.78, 5) is 2.25. The van der Waals surface area contributed by atoms with Crippen molar-refractivity contribution in [3.05, 3.63) is 24.3 Å². The van der Waals surface area contributed by atoms with E-state index in [1.54, 1.807) is 0 Å². The van der Waals surface area contributed by atoms with Crippen LogP contribution >= 0.6 is 12.4 Å². The van der Waals surface area contributed by atoms with Gasteiger partial charge in [0.1, 0.15) is 0 Å². The summed E-state index contributed by atoms with van der Waals surface area (Å²) in [5.74, 6) is 0. The van der Waals surface area contributed by atoms with Crippen molar-refractivity contribution in [2.24, 2.45) is 0 Å². The van der Waals surface area contributed by atoms with E-state index in [1.807, 2.05) is 0 Å². The number of nitrogens with zero attached hydrogens (tertiary/aromatic N) is 1. The lowest BCUT2D eigenvalue weighted by molar-refractivity contribution is 0.396. The van der Waals surface area contributed by atoms with Crippen molar-refractivity contribution in [2.75, 3.05) is 33.7 Å². The summed E-state index contributed by atoms with van der Waals surface area (Å²) in [6.45, 7) is 5.62. The van der Waals surface area contributed by atoms with Crippen LogP contribution in [-0.4, -0.2) is 38.6 Å². The molecule has 0 atom stereocenters. The fourth-order valence-corrected chi connectivity index (χ4v) is 4.12. The van der Waals surface area contributed by atoms with E-state index in [9.17, 15) is 0 Å². The molecule has 0 aliphatic carbocycles. The zero-order chi connectivity index (χ0) is 23.4. The van der Waals surface area contributed by atoms with Crippen molar-refractivity contribution in [1.29, 1.82) is 0 Å². The van der Waals surface area contributed by atoms with Crippen LogP contribution in [-0.2, 0) is 0 Å². The van der Waals surface area contributed by atoms with Gasteiger partial charge in [0.25, 0.3) is 0 Å². The summed E-state index contributed by atoms with van der Waals surface area (Å²) in [6.07, 6.45) is 37.4. The van der Waals surface area contributed by atoms with Crippen LogP contribution in [0.3, 0.4) is 0 Å². The molecule has 0 aromatic carbocycles. The minimum atomic E-state index is 0. The Morgan fingerprint density at radius 3 is 1.33 bits per heavy atom. The molecule has 0 aromatic rings. The van der Waals surface area contributed by atoms with Gasteiger partial charge in [0, 0.05) is 6.54 Å². The van der Waals surface area contributed by atoms with Crippen LogP contribution in [0.5, 0.6) is 0 Å². The van der Waals surface area contributed by atoms with Crippen LogP contribution in [0, 0.1) is 0 Å². The van der Waals surface area contributed by atoms with Crippen LogP contribution in [0.2, 0.25) is 0 Å². The quantitative estimate of drug-likeness (QED) is 0.0970. The third-order valence-corrected chi connectivity index (χ3v) is 6.27. The first-order valence-electron chi connectivity index (χ1n) is 14.4. The highest BCUT2D eigenvalue weighted by atomic mass is 35.5. The van der Waals surface area contributed by atoms with Crippen molar-refractivity contribution in [2.45, 2.75) is 135 Å². The van der Waals surface area contributed by atoms with E-state index in [1.165, 1.54) is 135 Å². The van der Waals surface area contributed by atoms with E-state index in [0.29, 0.717) is 0 Å². The van der Waals surface area contributed by atoms with Crippen LogP contribution in [0.1, 0.15) is 135 Å². The Bertz CT molecular complexity index is 393. The van der Waals surface area contributed by atoms with Crippen molar-refractivity contribution < 1.29 is 0 Å². The van der Waals surface area contributed by atoms with Gasteiger partial charge < -0.3 is 10.2 Å². The Hall–Kier alpha value is -0.310. The molecule has 0 saturated carbocycles. The number of hydrogen-bond donors (Lipinski definition) is 1. The Kier molecular flexibility index (Phi) is 33.5. The highest BCUT2D eigenvalue weighted by Crippen LogP contribution is 2.13. The lowest BCUT2D eigenvalue weighted by atomic mass is 10.0. The van der Waals surface area contributed by atoms with Gasteiger partial charge in [0.15, 0.2) is 0 Å². The molecular weight excluding hydrogens is 424 g/mol. The Morgan fingerprint density at radius 1 is 0.515 bits per heavy atom. The maximum absolute atomic E-state index is 3.49. The van der Waals surface area contributed by atoms with Gasteiger partial charge in [-0.05, 0) is 72.1 Å². The molecule has 33 heavy (non-hydrogen) atoms. The average Bonchev–Trinajstić information content (AvgIpc) is 2.78. The van der Waals surface area contributed by atoms with Gasteiger partial charge in [0.05, 0.1) is 0 Å². The zero-order valence-corrected chi connectivity index (χ0v) is 23.7. The van der Waals surface area contributed by atoms with Crippen LogP contribution < -0.4 is 5.32 Å². The van der Waals surface area contributed by atoms with Gasteiger partial charge in [-0.15, -0.1) is 12.4 Å². The molecule has 0 aliphatic heterocycles. The molecule has 1 N–H and O–H groups in total. The van der Waals surface area contributed by atoms with Crippen LogP contribution in [0.25, 0.3) is 0 Å². The molecule has 2 nitrogen and oxygen atoms in total. The first-order chi connectivity index (χ1) is 15.8. The molecule has 0 saturated heterocycles. The number of rotatable bonds is 26. The van der Waals surface area contributed by atoms with E-state index in [-0.39, 0.29) is 12.4 Å². The third-order valence-electron chi connectivity index (χ3n) is 6.27. The normalized spacial score (nSPS) is 11.8. The fraction of sp³-hybridized carbons (Fsp3) is 0.867. The molecule has 0 unspecified atom stereocenters. The summed E-state index contributed by atoms with van der Waals surface area (Å²) >= 11 is 0. The first-order valence-corrected chi connectivity index (χ1v) is 14.4. The zero-order valence-electron chi connectivity index (χ0n) is 22.9. The lowest BCUT2D eigenvalue weighted by Crippen LogP contribution is -2.21. The van der Waals surface area contributed by atoms with Gasteiger partial charge in [-0.3, -0.25) is 0 Å². The van der Waals surface area contributed by atoms with Crippen LogP contribution in [0.15, 0.2) is 24.3 Å². The maximum atomic E-state index is 3.49. The molecule has 198 valence electrons. The molecule has 0 radical (unpaired) electrons. The Morgan fingerprint density at radius 2 is 0.909 bits per heavy atom. The average molecular weight is 485 g/mol. The largest absolute Gasteiger partial charge is 0.313 e. The molecule has 0 aromatic heterocycles. The first kappa shape index (κ1) is 34.9. The van der Waals surface area contributed by atoms with E-state index in [4.69, 9.17) is 0 Å². The Balaban J connectivity index is 0. The number of nitrogens with one attached hydrogen (secondary N) is 1. The molecule has 3 heteroatoms. The summed E-state index contributed by atoms with van der Waals surface area (Å²) in [7, 11) is 4.27. The molecule has 0 bridgehead atoms. The SMILES string of the molecule is CCCCCCCCC=CCCCCCCCCCCCCC=CCNCCCN(C)C.Cl. The minimum absolute atomic E-state index is 0. The van der Waals surface area contributed by atoms with Crippen molar-refractivity contribution in [3.8, 4) is 0 Å². The second-order valence-corrected chi connectivity index (χ2v) is 9.97. The van der Waals surface area contributed by atoms with E-state index >= 15 is 0 Å². The smallest absolute Gasteiger partial charge is 0.0134 e. The topological polar surface area (TPSA) is 15.3 Å². The minimum Gasteiger partial charge on any atom is -0.313 e. The molecule has 0 fully saturated rings. The summed E-state index contributed by atoms with van der Waals surface area (Å²) < 4.78 is 0. The molecule has 0 spiro atoms. The summed E-state index contributed by atoms with van der Waals surface area (Å²) in [5.41, 5.74) is 0. The highest BCUT2D eigenvalue weighted by Gasteiger charge is 1.93. The fourth-order valence-electron chi connectivity index (χ4n) is 4.12. The summed E-state index contributed by atoms with van der Waals surface area (Å²) in [5, 5.41) is 3.49. The number of unbranched alkanes of at least 4 members (excludes halogenated alkanes) is 17. The third kappa shape index (κ3) is 33.9. The number of halogens is 1. The van der Waals surface area contributed by atoms with E-state index in [0.717, 1.165) is 13.1 Å². The van der Waals surface area contributed by atoms with Gasteiger partial charge in [-0.2, -0.15) is 0 Å². The van der Waals surface area contributed by atoms with E-state index in [2.05, 4.69) is 55.5 Å².